The lowest BCUT2D eigenvalue weighted by Crippen LogP contribution is -2.06. The van der Waals surface area contributed by atoms with Crippen LogP contribution in [-0.2, 0) is 0 Å². The van der Waals surface area contributed by atoms with E-state index in [9.17, 15) is 0 Å². The van der Waals surface area contributed by atoms with Gasteiger partial charge in [-0.3, -0.25) is 4.57 Å². The van der Waals surface area contributed by atoms with Gasteiger partial charge in [0.25, 0.3) is 0 Å². The van der Waals surface area contributed by atoms with Gasteiger partial charge in [0, 0.05) is 32.7 Å². The van der Waals surface area contributed by atoms with Gasteiger partial charge in [-0.25, -0.2) is 4.98 Å². The van der Waals surface area contributed by atoms with Crippen LogP contribution >= 0.6 is 0 Å². The zero-order valence-corrected chi connectivity index (χ0v) is 30.2. The molecule has 0 spiro atoms. The van der Waals surface area contributed by atoms with Crippen molar-refractivity contribution in [1.29, 1.82) is 0 Å². The maximum Gasteiger partial charge on any atom is 0.238 e. The zero-order valence-electron chi connectivity index (χ0n) is 30.2. The van der Waals surface area contributed by atoms with Crippen molar-refractivity contribution in [3.63, 3.8) is 0 Å². The average molecular weight is 717 g/mol. The Kier molecular flexibility index (Phi) is 7.42. The lowest BCUT2D eigenvalue weighted by atomic mass is 9.99. The highest BCUT2D eigenvalue weighted by molar-refractivity contribution is 6.23. The molecule has 0 aliphatic rings. The predicted octanol–water partition coefficient (Wildman–Crippen LogP) is 13.2. The van der Waals surface area contributed by atoms with Crippen LogP contribution in [0.15, 0.2) is 199 Å². The third-order valence-electron chi connectivity index (χ3n) is 10.7. The first-order chi connectivity index (χ1) is 27.8. The first-order valence-electron chi connectivity index (χ1n) is 18.8. The number of furan rings is 1. The molecule has 11 aromatic rings. The van der Waals surface area contributed by atoms with Gasteiger partial charge in [0.2, 0.25) is 5.95 Å². The maximum absolute atomic E-state index is 6.89. The summed E-state index contributed by atoms with van der Waals surface area (Å²) < 4.78 is 9.05. The molecule has 262 valence electrons. The van der Waals surface area contributed by atoms with E-state index in [1.807, 2.05) is 18.2 Å². The van der Waals surface area contributed by atoms with Crippen LogP contribution in [0.2, 0.25) is 0 Å². The largest absolute Gasteiger partial charge is 0.454 e. The van der Waals surface area contributed by atoms with E-state index in [1.54, 1.807) is 0 Å². The van der Waals surface area contributed by atoms with Crippen molar-refractivity contribution >= 4 is 43.7 Å². The van der Waals surface area contributed by atoms with Gasteiger partial charge in [0.15, 0.2) is 17.2 Å². The van der Waals surface area contributed by atoms with Crippen molar-refractivity contribution in [3.05, 3.63) is 194 Å². The fourth-order valence-corrected chi connectivity index (χ4v) is 8.06. The quantitative estimate of drug-likeness (QED) is 0.172. The Labute approximate surface area is 322 Å². The monoisotopic (exact) mass is 716 g/mol. The fraction of sp³-hybridized carbons (Fsp3) is 0. The summed E-state index contributed by atoms with van der Waals surface area (Å²) in [5.41, 5.74) is 12.0. The summed E-state index contributed by atoms with van der Waals surface area (Å²) >= 11 is 0. The molecule has 11 rings (SSSR count). The highest BCUT2D eigenvalue weighted by atomic mass is 16.3. The van der Waals surface area contributed by atoms with E-state index in [0.717, 1.165) is 88.3 Å². The average Bonchev–Trinajstić information content (AvgIpc) is 3.84. The number of nitrogens with zero attached hydrogens (tertiary/aromatic N) is 4. The van der Waals surface area contributed by atoms with E-state index in [4.69, 9.17) is 19.4 Å². The molecule has 0 atom stereocenters. The Hall–Kier alpha value is -7.63. The van der Waals surface area contributed by atoms with E-state index in [-0.39, 0.29) is 0 Å². The van der Waals surface area contributed by atoms with Gasteiger partial charge in [-0.2, -0.15) is 9.97 Å². The molecule has 56 heavy (non-hydrogen) atoms. The molecule has 0 fully saturated rings. The van der Waals surface area contributed by atoms with Crippen molar-refractivity contribution in [3.8, 4) is 62.1 Å². The summed E-state index contributed by atoms with van der Waals surface area (Å²) in [6.07, 6.45) is 0. The fourth-order valence-electron chi connectivity index (χ4n) is 8.06. The molecule has 0 N–H and O–H groups in total. The number of hydrogen-bond donors (Lipinski definition) is 0. The van der Waals surface area contributed by atoms with Crippen molar-refractivity contribution in [1.82, 2.24) is 19.5 Å². The minimum absolute atomic E-state index is 0.516. The smallest absolute Gasteiger partial charge is 0.238 e. The topological polar surface area (TPSA) is 56.7 Å². The first kappa shape index (κ1) is 31.9. The minimum Gasteiger partial charge on any atom is -0.454 e. The van der Waals surface area contributed by atoms with E-state index in [0.29, 0.717) is 17.6 Å². The highest BCUT2D eigenvalue weighted by Crippen LogP contribution is 2.43. The Balaban J connectivity index is 1.20. The zero-order chi connectivity index (χ0) is 37.0. The number of hydrogen-bond acceptors (Lipinski definition) is 4. The summed E-state index contributed by atoms with van der Waals surface area (Å²) in [7, 11) is 0. The summed E-state index contributed by atoms with van der Waals surface area (Å²) in [5, 5.41) is 4.28. The van der Waals surface area contributed by atoms with Crippen LogP contribution in [0.3, 0.4) is 0 Å². The molecule has 5 nitrogen and oxygen atoms in total. The normalized spacial score (nSPS) is 11.6. The maximum atomic E-state index is 6.89. The third kappa shape index (κ3) is 5.29. The molecule has 0 radical (unpaired) electrons. The van der Waals surface area contributed by atoms with Gasteiger partial charge in [-0.15, -0.1) is 0 Å². The number of rotatable bonds is 6. The second kappa shape index (κ2) is 13.0. The SMILES string of the molecule is c1ccc(-c2cccc(-c3nc(-c4cccc(-c5ccccc5)c4)nc(-n4c5ccccc5c5ccc6c(oc7cccc(-c8ccccc8)c76)c54)n3)c2)cc1. The molecule has 0 saturated carbocycles. The molecular weight excluding hydrogens is 685 g/mol. The highest BCUT2D eigenvalue weighted by Gasteiger charge is 2.23. The van der Waals surface area contributed by atoms with Gasteiger partial charge in [0.1, 0.15) is 11.1 Å². The Bertz CT molecular complexity index is 3140. The van der Waals surface area contributed by atoms with Crippen LogP contribution in [0, 0.1) is 0 Å². The van der Waals surface area contributed by atoms with Crippen LogP contribution in [0.4, 0.5) is 0 Å². The Morgan fingerprint density at radius 3 is 1.54 bits per heavy atom. The third-order valence-corrected chi connectivity index (χ3v) is 10.7. The number of fused-ring (bicyclic) bond motifs is 7. The second-order valence-electron chi connectivity index (χ2n) is 14.0. The van der Waals surface area contributed by atoms with Gasteiger partial charge < -0.3 is 4.42 Å². The van der Waals surface area contributed by atoms with Crippen molar-refractivity contribution in [2.24, 2.45) is 0 Å². The van der Waals surface area contributed by atoms with E-state index < -0.39 is 0 Å². The van der Waals surface area contributed by atoms with Gasteiger partial charge in [-0.1, -0.05) is 164 Å². The molecule has 0 saturated heterocycles. The molecule has 0 bridgehead atoms. The molecule has 0 aliphatic heterocycles. The van der Waals surface area contributed by atoms with Crippen LogP contribution in [-0.4, -0.2) is 19.5 Å². The molecule has 0 aliphatic carbocycles. The lowest BCUT2D eigenvalue weighted by Gasteiger charge is -2.12. The van der Waals surface area contributed by atoms with E-state index in [1.165, 1.54) is 0 Å². The van der Waals surface area contributed by atoms with Crippen molar-refractivity contribution in [2.75, 3.05) is 0 Å². The Morgan fingerprint density at radius 1 is 0.375 bits per heavy atom. The van der Waals surface area contributed by atoms with Crippen LogP contribution in [0.5, 0.6) is 0 Å². The summed E-state index contributed by atoms with van der Waals surface area (Å²) in [6.45, 7) is 0. The Morgan fingerprint density at radius 2 is 0.893 bits per heavy atom. The summed E-state index contributed by atoms with van der Waals surface area (Å²) in [4.78, 5) is 15.8. The van der Waals surface area contributed by atoms with Crippen LogP contribution in [0.25, 0.3) is 106 Å². The van der Waals surface area contributed by atoms with Gasteiger partial charge >= 0.3 is 0 Å². The summed E-state index contributed by atoms with van der Waals surface area (Å²) in [6, 6.07) is 67.3. The van der Waals surface area contributed by atoms with Crippen molar-refractivity contribution < 1.29 is 4.42 Å². The predicted molar refractivity (Wildman–Crippen MR) is 229 cm³/mol. The van der Waals surface area contributed by atoms with Crippen molar-refractivity contribution in [2.45, 2.75) is 0 Å². The van der Waals surface area contributed by atoms with Gasteiger partial charge in [-0.05, 0) is 63.7 Å². The number of benzene rings is 8. The second-order valence-corrected chi connectivity index (χ2v) is 14.0. The first-order valence-corrected chi connectivity index (χ1v) is 18.8. The molecule has 0 unspecified atom stereocenters. The van der Waals surface area contributed by atoms with E-state index in [2.05, 4.69) is 180 Å². The standard InChI is InChI=1S/C51H32N4O/c1-4-15-33(16-5-1)36-21-12-23-38(31-36)49-52-50(39-24-13-22-37(32-39)34-17-6-2-7-18-34)54-51(53-49)55-44-27-11-10-25-41(44)42-29-30-43-46-40(35-19-8-3-9-20-35)26-14-28-45(46)56-48(43)47(42)55/h1-32H. The minimum atomic E-state index is 0.516. The number of para-hydroxylation sites is 1. The molecule has 5 heteroatoms. The van der Waals surface area contributed by atoms with E-state index >= 15 is 0 Å². The van der Waals surface area contributed by atoms with Crippen LogP contribution < -0.4 is 0 Å². The molecule has 3 heterocycles. The molecule has 3 aromatic heterocycles. The van der Waals surface area contributed by atoms with Crippen LogP contribution in [0.1, 0.15) is 0 Å². The summed E-state index contributed by atoms with van der Waals surface area (Å²) in [5.74, 6) is 1.69. The van der Waals surface area contributed by atoms with Gasteiger partial charge in [0.05, 0.1) is 5.52 Å². The molecule has 8 aromatic carbocycles. The lowest BCUT2D eigenvalue weighted by molar-refractivity contribution is 0.671. The molecular formula is C51H32N4O. The molecule has 0 amide bonds. The number of aromatic nitrogens is 4.